The number of rotatable bonds is 8. The second-order valence-corrected chi connectivity index (χ2v) is 5.41. The van der Waals surface area contributed by atoms with Gasteiger partial charge in [-0.05, 0) is 49.4 Å². The molecule has 0 saturated heterocycles. The number of carbonyl (C=O) groups is 2. The molecule has 0 unspecified atom stereocenters. The lowest BCUT2D eigenvalue weighted by Gasteiger charge is -2.11. The highest BCUT2D eigenvalue weighted by molar-refractivity contribution is 6.02. The quantitative estimate of drug-likeness (QED) is 0.397. The number of alkyl halides is 4. The summed E-state index contributed by atoms with van der Waals surface area (Å²) in [5, 5.41) is 2.53. The summed E-state index contributed by atoms with van der Waals surface area (Å²) in [7, 11) is 0. The lowest BCUT2D eigenvalue weighted by molar-refractivity contribution is -0.111. The van der Waals surface area contributed by atoms with Gasteiger partial charge in [-0.15, -0.1) is 0 Å². The predicted molar refractivity (Wildman–Crippen MR) is 93.8 cm³/mol. The van der Waals surface area contributed by atoms with Gasteiger partial charge in [0.05, 0.1) is 0 Å². The van der Waals surface area contributed by atoms with E-state index in [2.05, 4.69) is 14.8 Å². The molecule has 0 radical (unpaired) electrons. The van der Waals surface area contributed by atoms with Crippen LogP contribution in [-0.4, -0.2) is 24.9 Å². The molecule has 0 fully saturated rings. The van der Waals surface area contributed by atoms with Crippen LogP contribution in [-0.2, 0) is 4.79 Å². The first-order valence-electron chi connectivity index (χ1n) is 7.88. The number of benzene rings is 2. The average molecular weight is 397 g/mol. The van der Waals surface area contributed by atoms with Crippen molar-refractivity contribution in [1.82, 2.24) is 0 Å². The number of ether oxygens (including phenoxy) is 2. The molecule has 0 aliphatic carbocycles. The summed E-state index contributed by atoms with van der Waals surface area (Å²) in [4.78, 5) is 23.2. The van der Waals surface area contributed by atoms with Crippen molar-refractivity contribution in [3.05, 3.63) is 59.7 Å². The highest BCUT2D eigenvalue weighted by Gasteiger charge is 2.12. The van der Waals surface area contributed by atoms with Crippen molar-refractivity contribution in [2.24, 2.45) is 0 Å². The molecule has 5 nitrogen and oxygen atoms in total. The van der Waals surface area contributed by atoms with E-state index in [4.69, 9.17) is 0 Å². The number of carbonyl (C=O) groups excluding carboxylic acids is 2. The molecule has 0 aromatic heterocycles. The molecule has 0 aliphatic heterocycles. The first kappa shape index (κ1) is 20.9. The maximum absolute atomic E-state index is 12.5. The van der Waals surface area contributed by atoms with Gasteiger partial charge in [-0.3, -0.25) is 9.59 Å². The first-order valence-corrected chi connectivity index (χ1v) is 7.88. The number of hydrogen-bond donors (Lipinski definition) is 1. The Hall–Kier alpha value is -3.36. The van der Waals surface area contributed by atoms with Gasteiger partial charge in [-0.2, -0.15) is 17.6 Å². The maximum atomic E-state index is 12.5. The fourth-order valence-corrected chi connectivity index (χ4v) is 2.16. The third kappa shape index (κ3) is 6.42. The van der Waals surface area contributed by atoms with Crippen LogP contribution in [0.25, 0.3) is 6.08 Å². The lowest BCUT2D eigenvalue weighted by Crippen LogP contribution is -2.08. The van der Waals surface area contributed by atoms with Crippen molar-refractivity contribution >= 4 is 23.5 Å². The van der Waals surface area contributed by atoms with Crippen molar-refractivity contribution in [2.75, 3.05) is 5.32 Å². The van der Waals surface area contributed by atoms with Crippen LogP contribution in [0.15, 0.2) is 48.5 Å². The molecule has 1 N–H and O–H groups in total. The zero-order valence-corrected chi connectivity index (χ0v) is 14.5. The molecule has 0 bridgehead atoms. The molecule has 148 valence electrons. The third-order valence-corrected chi connectivity index (χ3v) is 3.40. The second-order valence-electron chi connectivity index (χ2n) is 5.41. The summed E-state index contributed by atoms with van der Waals surface area (Å²) >= 11 is 0. The number of hydrogen-bond acceptors (Lipinski definition) is 4. The fraction of sp³-hybridized carbons (Fsp3) is 0.158. The first-order chi connectivity index (χ1) is 13.2. The summed E-state index contributed by atoms with van der Waals surface area (Å²) in [6, 6.07) is 9.34. The van der Waals surface area contributed by atoms with Crippen LogP contribution in [0.3, 0.4) is 0 Å². The number of ketones is 1. The molecule has 2 aromatic carbocycles. The molecule has 0 atom stereocenters. The zero-order valence-electron chi connectivity index (χ0n) is 14.5. The average Bonchev–Trinajstić information content (AvgIpc) is 2.60. The monoisotopic (exact) mass is 397 g/mol. The van der Waals surface area contributed by atoms with Crippen LogP contribution in [0.1, 0.15) is 22.8 Å². The minimum atomic E-state index is -3.19. The van der Waals surface area contributed by atoms with Gasteiger partial charge in [0.2, 0.25) is 5.91 Å². The van der Waals surface area contributed by atoms with Crippen molar-refractivity contribution in [2.45, 2.75) is 20.1 Å². The number of halogens is 4. The highest BCUT2D eigenvalue weighted by atomic mass is 19.3. The Morgan fingerprint density at radius 1 is 0.964 bits per heavy atom. The van der Waals surface area contributed by atoms with Gasteiger partial charge < -0.3 is 14.8 Å². The summed E-state index contributed by atoms with van der Waals surface area (Å²) in [6.45, 7) is -4.91. The van der Waals surface area contributed by atoms with E-state index in [1.807, 2.05) is 0 Å². The summed E-state index contributed by atoms with van der Waals surface area (Å²) < 4.78 is 58.0. The van der Waals surface area contributed by atoms with Crippen molar-refractivity contribution in [1.29, 1.82) is 0 Å². The van der Waals surface area contributed by atoms with Crippen molar-refractivity contribution < 1.29 is 36.6 Å². The van der Waals surface area contributed by atoms with Gasteiger partial charge in [0, 0.05) is 29.0 Å². The van der Waals surface area contributed by atoms with Gasteiger partial charge in [-0.25, -0.2) is 0 Å². The van der Waals surface area contributed by atoms with E-state index >= 15 is 0 Å². The minimum absolute atomic E-state index is 0.0593. The van der Waals surface area contributed by atoms with Gasteiger partial charge in [0.25, 0.3) is 0 Å². The second kappa shape index (κ2) is 9.54. The smallest absolute Gasteiger partial charge is 0.387 e. The van der Waals surface area contributed by atoms with E-state index in [9.17, 15) is 27.2 Å². The Balaban J connectivity index is 2.12. The molecule has 28 heavy (non-hydrogen) atoms. The van der Waals surface area contributed by atoms with E-state index in [0.29, 0.717) is 11.3 Å². The van der Waals surface area contributed by atoms with Crippen molar-refractivity contribution in [3.8, 4) is 11.5 Å². The van der Waals surface area contributed by atoms with E-state index in [0.717, 1.165) is 18.2 Å². The Kier molecular flexibility index (Phi) is 7.14. The normalized spacial score (nSPS) is 11.1. The molecular formula is C19H15F4NO4. The standard InChI is InChI=1S/C19H15F4NO4/c1-11(25)12-2-6-14(7-3-12)24-17(26)9-5-13-4-8-15(27-18(20)21)10-16(13)28-19(22)23/h2-10,18-19H,1H3,(H,24,26)/b9-5+. The summed E-state index contributed by atoms with van der Waals surface area (Å²) in [6.07, 6.45) is 2.24. The number of nitrogens with one attached hydrogen (secondary N) is 1. The Morgan fingerprint density at radius 3 is 2.18 bits per heavy atom. The molecule has 0 saturated carbocycles. The summed E-state index contributed by atoms with van der Waals surface area (Å²) in [5.41, 5.74) is 0.960. The van der Waals surface area contributed by atoms with Crippen LogP contribution >= 0.6 is 0 Å². The van der Waals surface area contributed by atoms with Gasteiger partial charge in [0.15, 0.2) is 5.78 Å². The van der Waals surface area contributed by atoms with Crippen LogP contribution in [0.4, 0.5) is 23.2 Å². The SMILES string of the molecule is CC(=O)c1ccc(NC(=O)/C=C/c2ccc(OC(F)F)cc2OC(F)F)cc1. The van der Waals surface area contributed by atoms with Crippen molar-refractivity contribution in [3.63, 3.8) is 0 Å². The zero-order chi connectivity index (χ0) is 20.7. The molecule has 1 amide bonds. The van der Waals surface area contributed by atoms with Crippen LogP contribution < -0.4 is 14.8 Å². The number of anilines is 1. The van der Waals surface area contributed by atoms with E-state index in [1.165, 1.54) is 43.3 Å². The summed E-state index contributed by atoms with van der Waals surface area (Å²) in [5.74, 6) is -1.49. The van der Waals surface area contributed by atoms with Crippen LogP contribution in [0.5, 0.6) is 11.5 Å². The largest absolute Gasteiger partial charge is 0.435 e. The lowest BCUT2D eigenvalue weighted by atomic mass is 10.1. The Labute approximate surface area is 157 Å². The highest BCUT2D eigenvalue weighted by Crippen LogP contribution is 2.28. The third-order valence-electron chi connectivity index (χ3n) is 3.40. The molecule has 2 rings (SSSR count). The molecule has 2 aromatic rings. The minimum Gasteiger partial charge on any atom is -0.435 e. The van der Waals surface area contributed by atoms with Gasteiger partial charge in [0.1, 0.15) is 11.5 Å². The van der Waals surface area contributed by atoms with Crippen LogP contribution in [0, 0.1) is 0 Å². The Bertz CT molecular complexity index is 867. The predicted octanol–water partition coefficient (Wildman–Crippen LogP) is 4.74. The molecule has 0 heterocycles. The molecule has 9 heteroatoms. The van der Waals surface area contributed by atoms with E-state index in [-0.39, 0.29) is 17.1 Å². The number of Topliss-reactive ketones (excluding diaryl/α,β-unsaturated/α-hetero) is 1. The van der Waals surface area contributed by atoms with Gasteiger partial charge >= 0.3 is 13.2 Å². The number of amides is 1. The molecular weight excluding hydrogens is 382 g/mol. The molecule has 0 aliphatic rings. The van der Waals surface area contributed by atoms with E-state index in [1.54, 1.807) is 0 Å². The van der Waals surface area contributed by atoms with E-state index < -0.39 is 24.9 Å². The Morgan fingerprint density at radius 2 is 1.61 bits per heavy atom. The van der Waals surface area contributed by atoms with Crippen LogP contribution in [0.2, 0.25) is 0 Å². The van der Waals surface area contributed by atoms with Gasteiger partial charge in [-0.1, -0.05) is 0 Å². The fourth-order valence-electron chi connectivity index (χ4n) is 2.16. The molecule has 0 spiro atoms. The maximum Gasteiger partial charge on any atom is 0.387 e. The topological polar surface area (TPSA) is 64.6 Å².